The molecule has 2 aromatic rings. The number of benzene rings is 1. The Labute approximate surface area is 163 Å². The summed E-state index contributed by atoms with van der Waals surface area (Å²) in [6.45, 7) is 15.4. The van der Waals surface area contributed by atoms with E-state index in [0.717, 1.165) is 29.1 Å². The van der Waals surface area contributed by atoms with Crippen LogP contribution in [0.3, 0.4) is 0 Å². The average molecular weight is 369 g/mol. The van der Waals surface area contributed by atoms with Crippen molar-refractivity contribution in [2.24, 2.45) is 5.92 Å². The smallest absolute Gasteiger partial charge is 0.274 e. The zero-order chi connectivity index (χ0) is 20.1. The topological polar surface area (TPSA) is 66.9 Å². The van der Waals surface area contributed by atoms with Crippen molar-refractivity contribution in [1.29, 1.82) is 0 Å². The molecule has 0 unspecified atom stereocenters. The number of aryl methyl sites for hydroxylation is 1. The number of rotatable bonds is 7. The number of hydrogen-bond donors (Lipinski definition) is 2. The van der Waals surface area contributed by atoms with Crippen LogP contribution in [0, 0.1) is 12.8 Å². The van der Waals surface area contributed by atoms with Crippen LogP contribution in [0.5, 0.6) is 0 Å². The summed E-state index contributed by atoms with van der Waals surface area (Å²) in [6, 6.07) is 7.94. The normalized spacial score (nSPS) is 11.3. The number of nitrogens with zero attached hydrogens (tertiary/aromatic N) is 2. The summed E-state index contributed by atoms with van der Waals surface area (Å²) < 4.78 is 0. The van der Waals surface area contributed by atoms with Gasteiger partial charge in [0.05, 0.1) is 0 Å². The maximum atomic E-state index is 13.0. The van der Waals surface area contributed by atoms with Crippen molar-refractivity contribution in [3.8, 4) is 0 Å². The van der Waals surface area contributed by atoms with E-state index in [-0.39, 0.29) is 5.91 Å². The van der Waals surface area contributed by atoms with Gasteiger partial charge < -0.3 is 10.6 Å². The first-order valence-corrected chi connectivity index (χ1v) is 9.72. The van der Waals surface area contributed by atoms with E-state index in [9.17, 15) is 4.79 Å². The minimum absolute atomic E-state index is 0.205. The number of hydrogen-bond acceptors (Lipinski definition) is 4. The predicted molar refractivity (Wildman–Crippen MR) is 113 cm³/mol. The van der Waals surface area contributed by atoms with Gasteiger partial charge in [0.15, 0.2) is 0 Å². The summed E-state index contributed by atoms with van der Waals surface area (Å²) in [4.78, 5) is 21.8. The first-order valence-electron chi connectivity index (χ1n) is 9.72. The van der Waals surface area contributed by atoms with E-state index in [4.69, 9.17) is 0 Å². The van der Waals surface area contributed by atoms with Crippen molar-refractivity contribution in [2.75, 3.05) is 17.2 Å². The van der Waals surface area contributed by atoms with Gasteiger partial charge in [-0.15, -0.1) is 0 Å². The third kappa shape index (κ3) is 5.52. The Morgan fingerprint density at radius 2 is 1.59 bits per heavy atom. The fraction of sp³-hybridized carbons (Fsp3) is 0.500. The van der Waals surface area contributed by atoms with E-state index in [0.29, 0.717) is 29.4 Å². The van der Waals surface area contributed by atoms with Crippen LogP contribution in [0.4, 0.5) is 11.6 Å². The van der Waals surface area contributed by atoms with E-state index < -0.39 is 0 Å². The SMILES string of the molecule is Cc1cc(C(=O)Nc2c(C(C)C)cccc2C(C)C)nc(NCC(C)C)n1. The third-order valence-electron chi connectivity index (χ3n) is 4.37. The second-order valence-corrected chi connectivity index (χ2v) is 8.07. The highest BCUT2D eigenvalue weighted by Crippen LogP contribution is 2.32. The monoisotopic (exact) mass is 368 g/mol. The molecule has 0 bridgehead atoms. The molecule has 1 aromatic heterocycles. The van der Waals surface area contributed by atoms with E-state index in [1.807, 2.05) is 6.92 Å². The van der Waals surface area contributed by atoms with Crippen LogP contribution in [0.1, 0.15) is 80.7 Å². The molecule has 2 rings (SSSR count). The molecule has 0 radical (unpaired) electrons. The molecule has 1 aromatic carbocycles. The molecular formula is C22H32N4O. The molecule has 1 heterocycles. The average Bonchev–Trinajstić information content (AvgIpc) is 2.59. The van der Waals surface area contributed by atoms with Crippen molar-refractivity contribution in [3.05, 3.63) is 46.8 Å². The molecule has 146 valence electrons. The van der Waals surface area contributed by atoms with Crippen molar-refractivity contribution < 1.29 is 4.79 Å². The Morgan fingerprint density at radius 3 is 2.11 bits per heavy atom. The highest BCUT2D eigenvalue weighted by molar-refractivity contribution is 6.04. The van der Waals surface area contributed by atoms with Crippen LogP contribution in [0.25, 0.3) is 0 Å². The molecule has 27 heavy (non-hydrogen) atoms. The molecule has 5 nitrogen and oxygen atoms in total. The summed E-state index contributed by atoms with van der Waals surface area (Å²) >= 11 is 0. The molecule has 0 atom stereocenters. The highest BCUT2D eigenvalue weighted by atomic mass is 16.1. The summed E-state index contributed by atoms with van der Waals surface area (Å²) in [6.07, 6.45) is 0. The summed E-state index contributed by atoms with van der Waals surface area (Å²) in [5.41, 5.74) is 4.32. The van der Waals surface area contributed by atoms with E-state index in [2.05, 4.69) is 80.3 Å². The van der Waals surface area contributed by atoms with Gasteiger partial charge in [-0.1, -0.05) is 59.7 Å². The van der Waals surface area contributed by atoms with E-state index >= 15 is 0 Å². The highest BCUT2D eigenvalue weighted by Gasteiger charge is 2.18. The molecule has 0 aliphatic heterocycles. The Kier molecular flexibility index (Phi) is 6.94. The largest absolute Gasteiger partial charge is 0.354 e. The van der Waals surface area contributed by atoms with Gasteiger partial charge in [-0.25, -0.2) is 9.97 Å². The molecule has 0 saturated carbocycles. The van der Waals surface area contributed by atoms with E-state index in [1.54, 1.807) is 6.07 Å². The molecule has 2 N–H and O–H groups in total. The van der Waals surface area contributed by atoms with Gasteiger partial charge in [-0.2, -0.15) is 0 Å². The lowest BCUT2D eigenvalue weighted by molar-refractivity contribution is 0.102. The van der Waals surface area contributed by atoms with Crippen LogP contribution >= 0.6 is 0 Å². The fourth-order valence-corrected chi connectivity index (χ4v) is 2.93. The standard InChI is InChI=1S/C22H32N4O/c1-13(2)12-23-22-24-16(7)11-19(25-22)21(27)26-20-17(14(3)4)9-8-10-18(20)15(5)6/h8-11,13-15H,12H2,1-7H3,(H,26,27)(H,23,24,25). The van der Waals surface area contributed by atoms with Gasteiger partial charge >= 0.3 is 0 Å². The van der Waals surface area contributed by atoms with Crippen molar-refractivity contribution >= 4 is 17.5 Å². The Hall–Kier alpha value is -2.43. The minimum atomic E-state index is -0.205. The number of aromatic nitrogens is 2. The summed E-state index contributed by atoms with van der Waals surface area (Å²) in [5, 5.41) is 6.32. The lowest BCUT2D eigenvalue weighted by Crippen LogP contribution is -2.19. The fourth-order valence-electron chi connectivity index (χ4n) is 2.93. The van der Waals surface area contributed by atoms with Gasteiger partial charge in [0.1, 0.15) is 5.69 Å². The maximum absolute atomic E-state index is 13.0. The predicted octanol–water partition coefficient (Wildman–Crippen LogP) is 5.35. The Bertz CT molecular complexity index is 771. The maximum Gasteiger partial charge on any atom is 0.274 e. The van der Waals surface area contributed by atoms with E-state index in [1.165, 1.54) is 0 Å². The number of para-hydroxylation sites is 1. The van der Waals surface area contributed by atoms with Crippen molar-refractivity contribution in [2.45, 2.75) is 60.3 Å². The van der Waals surface area contributed by atoms with Crippen LogP contribution in [-0.4, -0.2) is 22.4 Å². The molecule has 0 saturated heterocycles. The first kappa shape index (κ1) is 20.9. The van der Waals surface area contributed by atoms with Crippen LogP contribution in [0.2, 0.25) is 0 Å². The third-order valence-corrected chi connectivity index (χ3v) is 4.37. The zero-order valence-corrected chi connectivity index (χ0v) is 17.6. The van der Waals surface area contributed by atoms with Gasteiger partial charge in [0.2, 0.25) is 5.95 Å². The molecule has 0 spiro atoms. The number of anilines is 2. The molecule has 5 heteroatoms. The molecule has 0 aliphatic rings. The molecular weight excluding hydrogens is 336 g/mol. The molecule has 1 amide bonds. The number of amides is 1. The van der Waals surface area contributed by atoms with Crippen LogP contribution in [0.15, 0.2) is 24.3 Å². The Morgan fingerprint density at radius 1 is 1.00 bits per heavy atom. The minimum Gasteiger partial charge on any atom is -0.354 e. The lowest BCUT2D eigenvalue weighted by atomic mass is 9.92. The van der Waals surface area contributed by atoms with Gasteiger partial charge in [-0.3, -0.25) is 4.79 Å². The summed E-state index contributed by atoms with van der Waals surface area (Å²) in [7, 11) is 0. The zero-order valence-electron chi connectivity index (χ0n) is 17.6. The molecule has 0 fully saturated rings. The first-order chi connectivity index (χ1) is 12.7. The van der Waals surface area contributed by atoms with Crippen molar-refractivity contribution in [1.82, 2.24) is 9.97 Å². The summed E-state index contributed by atoms with van der Waals surface area (Å²) in [5.74, 6) is 1.39. The second-order valence-electron chi connectivity index (χ2n) is 8.07. The number of carbonyl (C=O) groups is 1. The number of nitrogens with one attached hydrogen (secondary N) is 2. The second kappa shape index (κ2) is 8.98. The molecule has 0 aliphatic carbocycles. The van der Waals surface area contributed by atoms with Gasteiger partial charge in [-0.05, 0) is 41.9 Å². The van der Waals surface area contributed by atoms with Crippen LogP contribution < -0.4 is 10.6 Å². The van der Waals surface area contributed by atoms with Gasteiger partial charge in [0, 0.05) is 17.9 Å². The number of carbonyl (C=O) groups excluding carboxylic acids is 1. The van der Waals surface area contributed by atoms with Crippen LogP contribution in [-0.2, 0) is 0 Å². The quantitative estimate of drug-likeness (QED) is 0.691. The lowest BCUT2D eigenvalue weighted by Gasteiger charge is -2.20. The van der Waals surface area contributed by atoms with Gasteiger partial charge in [0.25, 0.3) is 5.91 Å². The Balaban J connectivity index is 2.35. The van der Waals surface area contributed by atoms with Crippen molar-refractivity contribution in [3.63, 3.8) is 0 Å².